The molecule has 0 amide bonds. The van der Waals surface area contributed by atoms with Crippen molar-refractivity contribution in [2.45, 2.75) is 13.8 Å². The molecule has 2 rings (SSSR count). The third-order valence-electron chi connectivity index (χ3n) is 2.74. The molecule has 4 heteroatoms. The second-order valence-electron chi connectivity index (χ2n) is 4.10. The molecule has 18 heavy (non-hydrogen) atoms. The number of aromatic nitrogens is 1. The lowest BCUT2D eigenvalue weighted by Crippen LogP contribution is -2.01. The fourth-order valence-electron chi connectivity index (χ4n) is 1.75. The van der Waals surface area contributed by atoms with Crippen molar-refractivity contribution in [1.29, 1.82) is 0 Å². The standard InChI is InChI=1S/C14H14N2O2/c1-9-8-11(5-6-12(9)14(17)18)16-13-4-3-7-15-10(13)2/h3-8,16H,1-2H3,(H,17,18). The molecule has 0 radical (unpaired) electrons. The molecule has 0 saturated heterocycles. The topological polar surface area (TPSA) is 62.2 Å². The Hall–Kier alpha value is -2.36. The zero-order valence-electron chi connectivity index (χ0n) is 10.3. The number of aryl methyl sites for hydroxylation is 2. The molecule has 2 N–H and O–H groups in total. The Morgan fingerprint density at radius 2 is 2.06 bits per heavy atom. The van der Waals surface area contributed by atoms with Gasteiger partial charge in [-0.3, -0.25) is 4.98 Å². The van der Waals surface area contributed by atoms with Crippen molar-refractivity contribution in [2.75, 3.05) is 5.32 Å². The molecule has 0 spiro atoms. The van der Waals surface area contributed by atoms with Gasteiger partial charge in [0.2, 0.25) is 0 Å². The van der Waals surface area contributed by atoms with Crippen LogP contribution in [0.15, 0.2) is 36.5 Å². The van der Waals surface area contributed by atoms with Gasteiger partial charge < -0.3 is 10.4 Å². The number of hydrogen-bond acceptors (Lipinski definition) is 3. The van der Waals surface area contributed by atoms with Crippen molar-refractivity contribution in [3.63, 3.8) is 0 Å². The lowest BCUT2D eigenvalue weighted by molar-refractivity contribution is 0.0696. The highest BCUT2D eigenvalue weighted by molar-refractivity contribution is 5.90. The number of pyridine rings is 1. The molecular weight excluding hydrogens is 228 g/mol. The van der Waals surface area contributed by atoms with Gasteiger partial charge in [0, 0.05) is 11.9 Å². The first kappa shape index (κ1) is 12.1. The van der Waals surface area contributed by atoms with Gasteiger partial charge >= 0.3 is 5.97 Å². The van der Waals surface area contributed by atoms with Crippen molar-refractivity contribution >= 4 is 17.3 Å². The third kappa shape index (κ3) is 2.48. The van der Waals surface area contributed by atoms with Gasteiger partial charge in [0.15, 0.2) is 0 Å². The molecule has 0 atom stereocenters. The van der Waals surface area contributed by atoms with Gasteiger partial charge in [-0.2, -0.15) is 0 Å². The van der Waals surface area contributed by atoms with E-state index in [4.69, 9.17) is 5.11 Å². The summed E-state index contributed by atoms with van der Waals surface area (Å²) in [5.74, 6) is -0.906. The molecule has 0 aliphatic rings. The highest BCUT2D eigenvalue weighted by Gasteiger charge is 2.07. The molecule has 1 aromatic heterocycles. The number of nitrogens with zero attached hydrogens (tertiary/aromatic N) is 1. The SMILES string of the molecule is Cc1cc(Nc2cccnc2C)ccc1C(=O)O. The van der Waals surface area contributed by atoms with Crippen molar-refractivity contribution in [3.8, 4) is 0 Å². The number of nitrogens with one attached hydrogen (secondary N) is 1. The quantitative estimate of drug-likeness (QED) is 0.868. The van der Waals surface area contributed by atoms with Gasteiger partial charge in [0.25, 0.3) is 0 Å². The highest BCUT2D eigenvalue weighted by Crippen LogP contribution is 2.21. The fourth-order valence-corrected chi connectivity index (χ4v) is 1.75. The second kappa shape index (κ2) is 4.87. The normalized spacial score (nSPS) is 10.1. The Kier molecular flexibility index (Phi) is 3.28. The minimum Gasteiger partial charge on any atom is -0.478 e. The summed E-state index contributed by atoms with van der Waals surface area (Å²) in [7, 11) is 0. The molecule has 0 unspecified atom stereocenters. The molecule has 92 valence electrons. The molecule has 0 saturated carbocycles. The van der Waals surface area contributed by atoms with Gasteiger partial charge in [-0.15, -0.1) is 0 Å². The molecule has 0 aliphatic heterocycles. The predicted octanol–water partition coefficient (Wildman–Crippen LogP) is 3.14. The number of carbonyl (C=O) groups is 1. The molecular formula is C14H14N2O2. The van der Waals surface area contributed by atoms with E-state index in [1.165, 1.54) is 0 Å². The van der Waals surface area contributed by atoms with E-state index in [1.54, 1.807) is 25.3 Å². The average Bonchev–Trinajstić information content (AvgIpc) is 2.32. The maximum Gasteiger partial charge on any atom is 0.335 e. The molecule has 1 heterocycles. The lowest BCUT2D eigenvalue weighted by atomic mass is 10.1. The van der Waals surface area contributed by atoms with Gasteiger partial charge in [-0.05, 0) is 49.7 Å². The first-order valence-corrected chi connectivity index (χ1v) is 5.60. The summed E-state index contributed by atoms with van der Waals surface area (Å²) in [6.45, 7) is 3.70. The van der Waals surface area contributed by atoms with E-state index in [2.05, 4.69) is 10.3 Å². The Bertz CT molecular complexity index is 594. The number of benzene rings is 1. The van der Waals surface area contributed by atoms with Crippen LogP contribution in [0.1, 0.15) is 21.6 Å². The minimum absolute atomic E-state index is 0.323. The molecule has 4 nitrogen and oxygen atoms in total. The third-order valence-corrected chi connectivity index (χ3v) is 2.74. The monoisotopic (exact) mass is 242 g/mol. The zero-order valence-corrected chi connectivity index (χ0v) is 10.3. The van der Waals surface area contributed by atoms with Crippen LogP contribution in [-0.2, 0) is 0 Å². The summed E-state index contributed by atoms with van der Waals surface area (Å²) in [5, 5.41) is 12.2. The minimum atomic E-state index is -0.906. The second-order valence-corrected chi connectivity index (χ2v) is 4.10. The van der Waals surface area contributed by atoms with Crippen molar-refractivity contribution in [1.82, 2.24) is 4.98 Å². The Balaban J connectivity index is 2.29. The molecule has 0 fully saturated rings. The summed E-state index contributed by atoms with van der Waals surface area (Å²) in [6, 6.07) is 8.96. The van der Waals surface area contributed by atoms with Crippen molar-refractivity contribution < 1.29 is 9.90 Å². The van der Waals surface area contributed by atoms with E-state index in [1.807, 2.05) is 25.1 Å². The maximum absolute atomic E-state index is 10.9. The Morgan fingerprint density at radius 1 is 1.28 bits per heavy atom. The summed E-state index contributed by atoms with van der Waals surface area (Å²) in [5.41, 5.74) is 3.73. The molecule has 1 aromatic carbocycles. The fraction of sp³-hybridized carbons (Fsp3) is 0.143. The van der Waals surface area contributed by atoms with Gasteiger partial charge in [0.1, 0.15) is 0 Å². The van der Waals surface area contributed by atoms with Crippen LogP contribution >= 0.6 is 0 Å². The molecule has 2 aromatic rings. The molecule has 0 aliphatic carbocycles. The van der Waals surface area contributed by atoms with E-state index in [-0.39, 0.29) is 0 Å². The first-order valence-electron chi connectivity index (χ1n) is 5.60. The Labute approximate surface area is 105 Å². The summed E-state index contributed by atoms with van der Waals surface area (Å²) >= 11 is 0. The van der Waals surface area contributed by atoms with Crippen LogP contribution < -0.4 is 5.32 Å². The van der Waals surface area contributed by atoms with Crippen LogP contribution in [-0.4, -0.2) is 16.1 Å². The van der Waals surface area contributed by atoms with E-state index in [0.29, 0.717) is 5.56 Å². The molecule has 0 bridgehead atoms. The van der Waals surface area contributed by atoms with E-state index >= 15 is 0 Å². The van der Waals surface area contributed by atoms with Crippen LogP contribution in [0.25, 0.3) is 0 Å². The van der Waals surface area contributed by atoms with Gasteiger partial charge in [-0.25, -0.2) is 4.79 Å². The smallest absolute Gasteiger partial charge is 0.335 e. The number of aromatic carboxylic acids is 1. The summed E-state index contributed by atoms with van der Waals surface area (Å²) in [6.07, 6.45) is 1.74. The number of anilines is 2. The summed E-state index contributed by atoms with van der Waals surface area (Å²) < 4.78 is 0. The van der Waals surface area contributed by atoms with Gasteiger partial charge in [0.05, 0.1) is 16.9 Å². The number of rotatable bonds is 3. The highest BCUT2D eigenvalue weighted by atomic mass is 16.4. The van der Waals surface area contributed by atoms with Crippen LogP contribution in [0.2, 0.25) is 0 Å². The number of carboxylic acid groups (broad SMARTS) is 1. The van der Waals surface area contributed by atoms with E-state index in [0.717, 1.165) is 22.6 Å². The number of carboxylic acids is 1. The average molecular weight is 242 g/mol. The Morgan fingerprint density at radius 3 is 2.67 bits per heavy atom. The van der Waals surface area contributed by atoms with Crippen LogP contribution in [0.3, 0.4) is 0 Å². The van der Waals surface area contributed by atoms with Crippen LogP contribution in [0.5, 0.6) is 0 Å². The number of hydrogen-bond donors (Lipinski definition) is 2. The van der Waals surface area contributed by atoms with Crippen LogP contribution in [0, 0.1) is 13.8 Å². The predicted molar refractivity (Wildman–Crippen MR) is 70.4 cm³/mol. The van der Waals surface area contributed by atoms with Crippen molar-refractivity contribution in [3.05, 3.63) is 53.3 Å². The van der Waals surface area contributed by atoms with E-state index in [9.17, 15) is 4.79 Å². The largest absolute Gasteiger partial charge is 0.478 e. The maximum atomic E-state index is 10.9. The summed E-state index contributed by atoms with van der Waals surface area (Å²) in [4.78, 5) is 15.1. The lowest BCUT2D eigenvalue weighted by Gasteiger charge is -2.10. The van der Waals surface area contributed by atoms with E-state index < -0.39 is 5.97 Å². The first-order chi connectivity index (χ1) is 8.58. The zero-order chi connectivity index (χ0) is 13.1. The van der Waals surface area contributed by atoms with Crippen molar-refractivity contribution in [2.24, 2.45) is 0 Å². The van der Waals surface area contributed by atoms with Gasteiger partial charge in [-0.1, -0.05) is 0 Å². The van der Waals surface area contributed by atoms with Crippen LogP contribution in [0.4, 0.5) is 11.4 Å².